The largest absolute Gasteiger partial charge is 0.481 e. The number of carbonyl (C=O) groups is 2. The van der Waals surface area contributed by atoms with Crippen molar-refractivity contribution in [2.75, 3.05) is 6.61 Å². The highest BCUT2D eigenvalue weighted by atomic mass is 16.7. The van der Waals surface area contributed by atoms with Crippen LogP contribution < -0.4 is 0 Å². The summed E-state index contributed by atoms with van der Waals surface area (Å²) in [4.78, 5) is 27.1. The minimum Gasteiger partial charge on any atom is -0.481 e. The number of rotatable bonds is 4. The molecule has 0 bridgehead atoms. The second kappa shape index (κ2) is 11.2. The second-order valence-corrected chi connectivity index (χ2v) is 17.6. The standard InChI is InChI=1S/C36H56O11/c1-31(2)13-15-36(30(45)47-28-26(41)25(40)24(39)19(17-37)46-28)16-14-33(4)18(23(36)27(31)42)7-8-20-32(3)11-10-22(38)35(6,29(43)44)21(32)9-12-34(20,33)5/h7,19-28,37-42H,8-17H2,1-6H3,(H,43,44)/t19-,20-,21-,22+,23-,24-,25+,26-,27+,28+,32-,33-,34-,35+,36+/m1/s1. The van der Waals surface area contributed by atoms with E-state index in [-0.39, 0.29) is 22.7 Å². The number of hydrogen-bond donors (Lipinski definition) is 7. The molecule has 0 aromatic carbocycles. The van der Waals surface area contributed by atoms with Gasteiger partial charge in [-0.25, -0.2) is 0 Å². The molecule has 0 radical (unpaired) electrons. The molecule has 5 aliphatic carbocycles. The smallest absolute Gasteiger partial charge is 0.315 e. The molecule has 0 aromatic rings. The van der Waals surface area contributed by atoms with Crippen molar-refractivity contribution in [3.05, 3.63) is 11.6 Å². The topological polar surface area (TPSA) is 194 Å². The van der Waals surface area contributed by atoms with Crippen LogP contribution in [0.2, 0.25) is 0 Å². The molecule has 4 saturated carbocycles. The third-order valence-corrected chi connectivity index (χ3v) is 15.4. The summed E-state index contributed by atoms with van der Waals surface area (Å²) in [6.07, 6.45) is -2.06. The van der Waals surface area contributed by atoms with Crippen molar-refractivity contribution >= 4 is 11.9 Å². The van der Waals surface area contributed by atoms with Crippen molar-refractivity contribution < 1.29 is 54.8 Å². The Kier molecular flexibility index (Phi) is 8.40. The average molecular weight is 665 g/mol. The highest BCUT2D eigenvalue weighted by molar-refractivity contribution is 5.79. The molecule has 11 heteroatoms. The van der Waals surface area contributed by atoms with Crippen LogP contribution in [-0.4, -0.2) is 97.2 Å². The van der Waals surface area contributed by atoms with Crippen LogP contribution in [0.15, 0.2) is 11.6 Å². The Labute approximate surface area is 277 Å². The predicted molar refractivity (Wildman–Crippen MR) is 168 cm³/mol. The molecule has 7 N–H and O–H groups in total. The van der Waals surface area contributed by atoms with Crippen LogP contribution in [0.4, 0.5) is 0 Å². The lowest BCUT2D eigenvalue weighted by Crippen LogP contribution is -2.68. The van der Waals surface area contributed by atoms with Gasteiger partial charge in [0.15, 0.2) is 0 Å². The Balaban J connectivity index is 1.39. The number of aliphatic carboxylic acids is 1. The minimum absolute atomic E-state index is 0.135. The van der Waals surface area contributed by atoms with Gasteiger partial charge in [0, 0.05) is 5.92 Å². The van der Waals surface area contributed by atoms with Crippen molar-refractivity contribution in [1.29, 1.82) is 0 Å². The predicted octanol–water partition coefficient (Wildman–Crippen LogP) is 2.53. The van der Waals surface area contributed by atoms with E-state index in [2.05, 4.69) is 26.8 Å². The number of fused-ring (bicyclic) bond motifs is 7. The second-order valence-electron chi connectivity index (χ2n) is 17.6. The quantitative estimate of drug-likeness (QED) is 0.172. The van der Waals surface area contributed by atoms with Gasteiger partial charge in [-0.15, -0.1) is 0 Å². The summed E-state index contributed by atoms with van der Waals surface area (Å²) >= 11 is 0. The monoisotopic (exact) mass is 664 g/mol. The molecule has 0 amide bonds. The molecule has 1 heterocycles. The van der Waals surface area contributed by atoms with Gasteiger partial charge in [-0.3, -0.25) is 9.59 Å². The Bertz CT molecular complexity index is 1310. The molecule has 15 atom stereocenters. The number of allylic oxidation sites excluding steroid dienone is 1. The van der Waals surface area contributed by atoms with E-state index in [1.165, 1.54) is 0 Å². The Morgan fingerprint density at radius 2 is 1.51 bits per heavy atom. The van der Waals surface area contributed by atoms with E-state index in [1.54, 1.807) is 6.92 Å². The van der Waals surface area contributed by atoms with Gasteiger partial charge >= 0.3 is 11.9 Å². The third kappa shape index (κ3) is 4.55. The molecular weight excluding hydrogens is 608 g/mol. The van der Waals surface area contributed by atoms with Crippen molar-refractivity contribution in [2.45, 2.75) is 142 Å². The lowest BCUT2D eigenvalue weighted by Gasteiger charge is -2.71. The summed E-state index contributed by atoms with van der Waals surface area (Å²) < 4.78 is 11.4. The summed E-state index contributed by atoms with van der Waals surface area (Å²) in [5.74, 6) is -2.22. The van der Waals surface area contributed by atoms with Gasteiger partial charge in [0.05, 0.1) is 29.6 Å². The number of carboxylic acids is 1. The number of esters is 1. The van der Waals surface area contributed by atoms with Crippen LogP contribution >= 0.6 is 0 Å². The summed E-state index contributed by atoms with van der Waals surface area (Å²) in [7, 11) is 0. The number of ether oxygens (including phenoxy) is 2. The Morgan fingerprint density at radius 3 is 2.15 bits per heavy atom. The zero-order valence-electron chi connectivity index (χ0n) is 28.7. The van der Waals surface area contributed by atoms with Crippen LogP contribution in [0.25, 0.3) is 0 Å². The van der Waals surface area contributed by atoms with Gasteiger partial charge in [-0.2, -0.15) is 0 Å². The van der Waals surface area contributed by atoms with Crippen molar-refractivity contribution in [3.8, 4) is 0 Å². The number of hydrogen-bond acceptors (Lipinski definition) is 10. The van der Waals surface area contributed by atoms with Crippen molar-refractivity contribution in [2.24, 2.45) is 50.2 Å². The fourth-order valence-corrected chi connectivity index (χ4v) is 12.0. The first kappa shape index (κ1) is 35.2. The van der Waals surface area contributed by atoms with E-state index < -0.39 is 89.0 Å². The zero-order valence-corrected chi connectivity index (χ0v) is 28.7. The first-order chi connectivity index (χ1) is 21.8. The lowest BCUT2D eigenvalue weighted by molar-refractivity contribution is -0.298. The fourth-order valence-electron chi connectivity index (χ4n) is 12.0. The van der Waals surface area contributed by atoms with E-state index in [1.807, 2.05) is 13.8 Å². The van der Waals surface area contributed by atoms with E-state index in [4.69, 9.17) is 9.47 Å². The summed E-state index contributed by atoms with van der Waals surface area (Å²) in [6, 6.07) is 0. The number of carboxylic acid groups (broad SMARTS) is 1. The molecule has 266 valence electrons. The molecule has 6 aliphatic rings. The van der Waals surface area contributed by atoms with Crippen LogP contribution in [0.5, 0.6) is 0 Å². The molecule has 1 aliphatic heterocycles. The first-order valence-electron chi connectivity index (χ1n) is 17.6. The third-order valence-electron chi connectivity index (χ3n) is 15.4. The van der Waals surface area contributed by atoms with E-state index >= 15 is 0 Å². The van der Waals surface area contributed by atoms with Gasteiger partial charge in [-0.05, 0) is 98.2 Å². The normalized spacial score (nSPS) is 53.7. The number of aliphatic hydroxyl groups excluding tert-OH is 6. The molecule has 0 aromatic heterocycles. The molecule has 5 fully saturated rings. The summed E-state index contributed by atoms with van der Waals surface area (Å²) in [6.45, 7) is 11.9. The van der Waals surface area contributed by atoms with E-state index in [9.17, 15) is 45.3 Å². The Morgan fingerprint density at radius 1 is 0.851 bits per heavy atom. The SMILES string of the molecule is CC1(C)CC[C@]2(C(=O)O[C@@H]3O[C@H](CO)[C@@H](O)[C@H](O)[C@H]3O)CC[C@]3(C)C(=CC[C@@H]4[C@@]5(C)CC[C@H](O)[C@@](C)(C(=O)O)[C@@H]5CC[C@]43C)[C@@H]2[C@@H]1O. The summed E-state index contributed by atoms with van der Waals surface area (Å²) in [5.41, 5.74) is -2.83. The van der Waals surface area contributed by atoms with Gasteiger partial charge < -0.3 is 45.2 Å². The fraction of sp³-hybridized carbons (Fsp3) is 0.889. The van der Waals surface area contributed by atoms with E-state index in [0.29, 0.717) is 44.9 Å². The molecule has 6 rings (SSSR count). The molecular formula is C36H56O11. The Hall–Kier alpha value is -1.60. The molecule has 11 nitrogen and oxygen atoms in total. The van der Waals surface area contributed by atoms with Gasteiger partial charge in [-0.1, -0.05) is 46.3 Å². The zero-order chi connectivity index (χ0) is 34.7. The molecule has 0 spiro atoms. The average Bonchev–Trinajstić information content (AvgIpc) is 3.01. The lowest BCUT2D eigenvalue weighted by atomic mass is 9.33. The number of carbonyl (C=O) groups excluding carboxylic acids is 1. The van der Waals surface area contributed by atoms with Crippen molar-refractivity contribution in [1.82, 2.24) is 0 Å². The number of aliphatic hydroxyl groups is 6. The van der Waals surface area contributed by atoms with E-state index in [0.717, 1.165) is 18.4 Å². The van der Waals surface area contributed by atoms with Gasteiger partial charge in [0.2, 0.25) is 6.29 Å². The maximum atomic E-state index is 14.4. The first-order valence-corrected chi connectivity index (χ1v) is 17.6. The van der Waals surface area contributed by atoms with Gasteiger partial charge in [0.25, 0.3) is 0 Å². The molecule has 0 unspecified atom stereocenters. The maximum absolute atomic E-state index is 14.4. The maximum Gasteiger partial charge on any atom is 0.315 e. The highest BCUT2D eigenvalue weighted by Gasteiger charge is 2.72. The highest BCUT2D eigenvalue weighted by Crippen LogP contribution is 2.76. The summed E-state index contributed by atoms with van der Waals surface area (Å²) in [5, 5.41) is 74.5. The van der Waals surface area contributed by atoms with Crippen molar-refractivity contribution in [3.63, 3.8) is 0 Å². The molecule has 47 heavy (non-hydrogen) atoms. The van der Waals surface area contributed by atoms with Crippen LogP contribution in [-0.2, 0) is 19.1 Å². The van der Waals surface area contributed by atoms with Gasteiger partial charge in [0.1, 0.15) is 24.4 Å². The van der Waals surface area contributed by atoms with Crippen LogP contribution in [0.1, 0.15) is 99.3 Å². The van der Waals surface area contributed by atoms with Crippen LogP contribution in [0, 0.1) is 50.2 Å². The van der Waals surface area contributed by atoms with Crippen LogP contribution in [0.3, 0.4) is 0 Å². The molecule has 1 saturated heterocycles. The minimum atomic E-state index is -1.72.